The molecule has 88 valence electrons. The van der Waals surface area contributed by atoms with E-state index in [0.717, 1.165) is 5.56 Å². The maximum atomic E-state index is 13.0. The van der Waals surface area contributed by atoms with Crippen molar-refractivity contribution in [3.05, 3.63) is 38.4 Å². The molecule has 1 aromatic rings. The third-order valence-electron chi connectivity index (χ3n) is 2.68. The predicted molar refractivity (Wildman–Crippen MR) is 68.5 cm³/mol. The fourth-order valence-corrected chi connectivity index (χ4v) is 2.53. The molecule has 0 radical (unpaired) electrons. The van der Waals surface area contributed by atoms with E-state index in [-0.39, 0.29) is 0 Å². The van der Waals surface area contributed by atoms with Crippen molar-refractivity contribution in [3.8, 4) is 0 Å². The van der Waals surface area contributed by atoms with Crippen LogP contribution < -0.4 is 0 Å². The van der Waals surface area contributed by atoms with Gasteiger partial charge in [-0.15, -0.1) is 11.3 Å². The highest BCUT2D eigenvalue weighted by atomic mass is 32.1. The molecule has 1 N–H and O–H groups in total. The molecule has 1 heterocycles. The fourth-order valence-electron chi connectivity index (χ4n) is 1.48. The maximum absolute atomic E-state index is 13.0. The lowest BCUT2D eigenvalue weighted by Crippen LogP contribution is -1.86. The Morgan fingerprint density at radius 1 is 1.31 bits per heavy atom. The minimum atomic E-state index is -0.531. The zero-order valence-electron chi connectivity index (χ0n) is 10.1. The molecule has 3 heteroatoms. The molecular weight excluding hydrogens is 223 g/mol. The first-order valence-corrected chi connectivity index (χ1v) is 5.99. The molecule has 1 nitrogen and oxygen atoms in total. The molecular formula is C13H17FOS. The van der Waals surface area contributed by atoms with Crippen molar-refractivity contribution in [2.45, 2.75) is 27.7 Å². The van der Waals surface area contributed by atoms with Gasteiger partial charge in [-0.2, -0.15) is 0 Å². The molecule has 1 rings (SSSR count). The average Bonchev–Trinajstić information content (AvgIpc) is 2.49. The summed E-state index contributed by atoms with van der Waals surface area (Å²) < 4.78 is 13.0. The molecule has 1 aromatic heterocycles. The SMILES string of the molecule is CC(C=Cc1c(C)sc(C)c1C)=C(F)CO. The van der Waals surface area contributed by atoms with E-state index in [1.807, 2.05) is 6.08 Å². The number of aliphatic hydroxyl groups is 1. The van der Waals surface area contributed by atoms with Gasteiger partial charge in [-0.1, -0.05) is 12.2 Å². The van der Waals surface area contributed by atoms with E-state index in [2.05, 4.69) is 20.8 Å². The molecule has 0 saturated heterocycles. The lowest BCUT2D eigenvalue weighted by Gasteiger charge is -1.97. The average molecular weight is 240 g/mol. The van der Waals surface area contributed by atoms with Crippen LogP contribution in [0.5, 0.6) is 0 Å². The molecule has 0 aliphatic rings. The summed E-state index contributed by atoms with van der Waals surface area (Å²) in [5.41, 5.74) is 2.88. The second-order valence-corrected chi connectivity index (χ2v) is 5.26. The highest BCUT2D eigenvalue weighted by molar-refractivity contribution is 7.12. The quantitative estimate of drug-likeness (QED) is 0.794. The number of aliphatic hydroxyl groups excluding tert-OH is 1. The van der Waals surface area contributed by atoms with Crippen molar-refractivity contribution in [1.29, 1.82) is 0 Å². The topological polar surface area (TPSA) is 20.2 Å². The molecule has 0 aliphatic carbocycles. The summed E-state index contributed by atoms with van der Waals surface area (Å²) in [5.74, 6) is -0.474. The van der Waals surface area contributed by atoms with E-state index in [4.69, 9.17) is 5.11 Å². The van der Waals surface area contributed by atoms with E-state index >= 15 is 0 Å². The van der Waals surface area contributed by atoms with Crippen LogP contribution in [0.4, 0.5) is 4.39 Å². The van der Waals surface area contributed by atoms with E-state index in [1.165, 1.54) is 15.3 Å². The largest absolute Gasteiger partial charge is 0.389 e. The lowest BCUT2D eigenvalue weighted by molar-refractivity contribution is 0.296. The molecule has 16 heavy (non-hydrogen) atoms. The standard InChI is InChI=1S/C13H17FOS/c1-8(13(14)7-15)5-6-12-9(2)10(3)16-11(12)4/h5-6,15H,7H2,1-4H3. The number of halogens is 1. The van der Waals surface area contributed by atoms with Crippen molar-refractivity contribution in [3.63, 3.8) is 0 Å². The van der Waals surface area contributed by atoms with Crippen molar-refractivity contribution < 1.29 is 9.50 Å². The van der Waals surface area contributed by atoms with Gasteiger partial charge in [0.05, 0.1) is 6.61 Å². The van der Waals surface area contributed by atoms with Crippen LogP contribution in [-0.2, 0) is 0 Å². The van der Waals surface area contributed by atoms with Crippen LogP contribution in [0.3, 0.4) is 0 Å². The fraction of sp³-hybridized carbons (Fsp3) is 0.385. The van der Waals surface area contributed by atoms with E-state index in [9.17, 15) is 4.39 Å². The van der Waals surface area contributed by atoms with Gasteiger partial charge in [0.25, 0.3) is 0 Å². The number of aryl methyl sites for hydroxylation is 2. The van der Waals surface area contributed by atoms with Gasteiger partial charge in [0, 0.05) is 9.75 Å². The highest BCUT2D eigenvalue weighted by Gasteiger charge is 2.06. The summed E-state index contributed by atoms with van der Waals surface area (Å²) in [6, 6.07) is 0. The first-order valence-electron chi connectivity index (χ1n) is 5.18. The van der Waals surface area contributed by atoms with E-state index in [0.29, 0.717) is 5.57 Å². The van der Waals surface area contributed by atoms with Crippen molar-refractivity contribution >= 4 is 17.4 Å². The van der Waals surface area contributed by atoms with Gasteiger partial charge in [0.1, 0.15) is 5.83 Å². The third kappa shape index (κ3) is 2.80. The lowest BCUT2D eigenvalue weighted by atomic mass is 10.1. The summed E-state index contributed by atoms with van der Waals surface area (Å²) in [6.07, 6.45) is 3.63. The Morgan fingerprint density at radius 3 is 2.38 bits per heavy atom. The van der Waals surface area contributed by atoms with Crippen molar-refractivity contribution in [1.82, 2.24) is 0 Å². The Labute approximate surface area is 99.9 Å². The summed E-state index contributed by atoms with van der Waals surface area (Å²) in [4.78, 5) is 2.53. The van der Waals surface area contributed by atoms with Gasteiger partial charge < -0.3 is 5.11 Å². The Hall–Kier alpha value is -0.930. The summed E-state index contributed by atoms with van der Waals surface area (Å²) in [6.45, 7) is 7.34. The molecule has 0 amide bonds. The van der Waals surface area contributed by atoms with E-state index < -0.39 is 12.4 Å². The summed E-state index contributed by atoms with van der Waals surface area (Å²) in [5, 5.41) is 8.65. The van der Waals surface area contributed by atoms with Crippen LogP contribution in [0.25, 0.3) is 6.08 Å². The first kappa shape index (κ1) is 13.1. The van der Waals surface area contributed by atoms with Crippen LogP contribution in [0.2, 0.25) is 0 Å². The summed E-state index contributed by atoms with van der Waals surface area (Å²) >= 11 is 1.75. The highest BCUT2D eigenvalue weighted by Crippen LogP contribution is 2.28. The van der Waals surface area contributed by atoms with Crippen LogP contribution in [0.1, 0.15) is 27.8 Å². The van der Waals surface area contributed by atoms with Gasteiger partial charge in [-0.3, -0.25) is 0 Å². The minimum absolute atomic E-state index is 0.474. The molecule has 0 atom stereocenters. The molecule has 0 fully saturated rings. The van der Waals surface area contributed by atoms with Gasteiger partial charge in [-0.05, 0) is 44.4 Å². The van der Waals surface area contributed by atoms with Crippen LogP contribution in [-0.4, -0.2) is 11.7 Å². The van der Waals surface area contributed by atoms with Crippen LogP contribution in [0, 0.1) is 20.8 Å². The number of allylic oxidation sites excluding steroid dienone is 2. The van der Waals surface area contributed by atoms with Gasteiger partial charge >= 0.3 is 0 Å². The second kappa shape index (κ2) is 5.41. The Bertz CT molecular complexity index is 441. The molecule has 0 unspecified atom stereocenters. The zero-order chi connectivity index (χ0) is 12.3. The molecule has 0 aliphatic heterocycles. The Kier molecular flexibility index (Phi) is 4.44. The van der Waals surface area contributed by atoms with Gasteiger partial charge in [0.2, 0.25) is 0 Å². The number of thiophene rings is 1. The summed E-state index contributed by atoms with van der Waals surface area (Å²) in [7, 11) is 0. The van der Waals surface area contributed by atoms with Crippen molar-refractivity contribution in [2.75, 3.05) is 6.61 Å². The van der Waals surface area contributed by atoms with Crippen LogP contribution >= 0.6 is 11.3 Å². The van der Waals surface area contributed by atoms with Crippen molar-refractivity contribution in [2.24, 2.45) is 0 Å². The Morgan fingerprint density at radius 2 is 1.94 bits per heavy atom. The number of rotatable bonds is 3. The smallest absolute Gasteiger partial charge is 0.128 e. The monoisotopic (exact) mass is 240 g/mol. The second-order valence-electron chi connectivity index (χ2n) is 3.83. The van der Waals surface area contributed by atoms with Gasteiger partial charge in [-0.25, -0.2) is 4.39 Å². The maximum Gasteiger partial charge on any atom is 0.128 e. The molecule has 0 saturated carbocycles. The third-order valence-corrected chi connectivity index (χ3v) is 3.82. The zero-order valence-corrected chi connectivity index (χ0v) is 10.9. The van der Waals surface area contributed by atoms with Crippen LogP contribution in [0.15, 0.2) is 17.5 Å². The molecule has 0 bridgehead atoms. The predicted octanol–water partition coefficient (Wildman–Crippen LogP) is 3.92. The minimum Gasteiger partial charge on any atom is -0.389 e. The molecule has 0 aromatic carbocycles. The Balaban J connectivity index is 3.01. The number of hydrogen-bond donors (Lipinski definition) is 1. The van der Waals surface area contributed by atoms with E-state index in [1.54, 1.807) is 24.3 Å². The molecule has 0 spiro atoms. The normalized spacial score (nSPS) is 13.4. The number of hydrogen-bond acceptors (Lipinski definition) is 2. The first-order chi connectivity index (χ1) is 7.47. The van der Waals surface area contributed by atoms with Gasteiger partial charge in [0.15, 0.2) is 0 Å².